The first-order chi connectivity index (χ1) is 10.6. The van der Waals surface area contributed by atoms with Crippen LogP contribution in [0.15, 0.2) is 46.9 Å². The molecule has 3 rings (SSSR count). The summed E-state index contributed by atoms with van der Waals surface area (Å²) in [5, 5.41) is 1.06. The molecule has 0 N–H and O–H groups in total. The van der Waals surface area contributed by atoms with Crippen LogP contribution in [-0.2, 0) is 6.42 Å². The average Bonchev–Trinajstić information content (AvgIpc) is 2.85. The van der Waals surface area contributed by atoms with Crippen molar-refractivity contribution in [1.82, 2.24) is 0 Å². The Bertz CT molecular complexity index is 785. The maximum Gasteiger partial charge on any atom is 0.138 e. The second-order valence-corrected chi connectivity index (χ2v) is 5.59. The van der Waals surface area contributed by atoms with Gasteiger partial charge in [0.15, 0.2) is 0 Å². The largest absolute Gasteiger partial charge is 0.491 e. The molecule has 2 aromatic carbocycles. The van der Waals surface area contributed by atoms with E-state index >= 15 is 0 Å². The lowest BCUT2D eigenvalue weighted by Crippen LogP contribution is -2.05. The van der Waals surface area contributed by atoms with Gasteiger partial charge in [-0.25, -0.2) is 4.39 Å². The number of benzene rings is 2. The number of halogens is 1. The quantitative estimate of drug-likeness (QED) is 0.626. The highest BCUT2D eigenvalue weighted by Gasteiger charge is 2.15. The van der Waals surface area contributed by atoms with Crippen LogP contribution < -0.4 is 4.74 Å². The van der Waals surface area contributed by atoms with E-state index in [1.807, 2.05) is 32.0 Å². The van der Waals surface area contributed by atoms with E-state index in [0.29, 0.717) is 0 Å². The lowest BCUT2D eigenvalue weighted by atomic mass is 10.0. The van der Waals surface area contributed by atoms with E-state index in [1.54, 1.807) is 12.1 Å². The molecule has 2 nitrogen and oxygen atoms in total. The minimum Gasteiger partial charge on any atom is -0.491 e. The van der Waals surface area contributed by atoms with Crippen molar-refractivity contribution in [2.45, 2.75) is 33.3 Å². The van der Waals surface area contributed by atoms with E-state index in [0.717, 1.165) is 40.0 Å². The van der Waals surface area contributed by atoms with Gasteiger partial charge in [0.2, 0.25) is 0 Å². The van der Waals surface area contributed by atoms with Crippen LogP contribution in [0, 0.1) is 5.82 Å². The highest BCUT2D eigenvalue weighted by atomic mass is 19.1. The van der Waals surface area contributed by atoms with Gasteiger partial charge in [-0.1, -0.05) is 6.92 Å². The van der Waals surface area contributed by atoms with Crippen LogP contribution in [0.3, 0.4) is 0 Å². The summed E-state index contributed by atoms with van der Waals surface area (Å²) >= 11 is 0. The fraction of sp³-hybridized carbons (Fsp3) is 0.263. The molecule has 0 aliphatic carbocycles. The van der Waals surface area contributed by atoms with Gasteiger partial charge >= 0.3 is 0 Å². The first-order valence-electron chi connectivity index (χ1n) is 7.56. The molecular formula is C19H19FO2. The number of aryl methyl sites for hydroxylation is 1. The maximum absolute atomic E-state index is 13.1. The standard InChI is InChI=1S/C19H19FO2/c1-4-16-17-11-15(21-12(2)3)9-10-18(17)22-19(16)13-5-7-14(20)8-6-13/h5-12H,4H2,1-3H3. The molecule has 0 spiro atoms. The average molecular weight is 298 g/mol. The van der Waals surface area contributed by atoms with Gasteiger partial charge in [0, 0.05) is 16.5 Å². The Morgan fingerprint density at radius 3 is 2.45 bits per heavy atom. The Hall–Kier alpha value is -2.29. The van der Waals surface area contributed by atoms with Crippen molar-refractivity contribution in [3.63, 3.8) is 0 Å². The molecule has 3 aromatic rings. The summed E-state index contributed by atoms with van der Waals surface area (Å²) in [6, 6.07) is 12.3. The Balaban J connectivity index is 2.13. The second kappa shape index (κ2) is 5.84. The van der Waals surface area contributed by atoms with E-state index in [9.17, 15) is 4.39 Å². The summed E-state index contributed by atoms with van der Waals surface area (Å²) in [6.45, 7) is 6.10. The van der Waals surface area contributed by atoms with E-state index in [-0.39, 0.29) is 11.9 Å². The smallest absolute Gasteiger partial charge is 0.138 e. The number of hydrogen-bond acceptors (Lipinski definition) is 2. The molecule has 114 valence electrons. The number of hydrogen-bond donors (Lipinski definition) is 0. The van der Waals surface area contributed by atoms with Crippen molar-refractivity contribution in [1.29, 1.82) is 0 Å². The van der Waals surface area contributed by atoms with Crippen molar-refractivity contribution < 1.29 is 13.5 Å². The minimum absolute atomic E-state index is 0.131. The molecule has 0 fully saturated rings. The Labute approximate surface area is 129 Å². The van der Waals surface area contributed by atoms with Crippen LogP contribution >= 0.6 is 0 Å². The molecular weight excluding hydrogens is 279 g/mol. The summed E-state index contributed by atoms with van der Waals surface area (Å²) in [4.78, 5) is 0. The zero-order chi connectivity index (χ0) is 15.7. The zero-order valence-electron chi connectivity index (χ0n) is 13.0. The normalized spacial score (nSPS) is 11.3. The highest BCUT2D eigenvalue weighted by Crippen LogP contribution is 2.36. The zero-order valence-corrected chi connectivity index (χ0v) is 13.0. The number of rotatable bonds is 4. The fourth-order valence-corrected chi connectivity index (χ4v) is 2.66. The van der Waals surface area contributed by atoms with Gasteiger partial charge < -0.3 is 9.15 Å². The van der Waals surface area contributed by atoms with Crippen molar-refractivity contribution >= 4 is 11.0 Å². The molecule has 22 heavy (non-hydrogen) atoms. The lowest BCUT2D eigenvalue weighted by molar-refractivity contribution is 0.242. The Morgan fingerprint density at radius 1 is 1.09 bits per heavy atom. The molecule has 0 aliphatic rings. The van der Waals surface area contributed by atoms with Gasteiger partial charge in [-0.05, 0) is 62.7 Å². The van der Waals surface area contributed by atoms with Gasteiger partial charge in [-0.2, -0.15) is 0 Å². The predicted octanol–water partition coefficient (Wildman–Crippen LogP) is 5.59. The van der Waals surface area contributed by atoms with E-state index < -0.39 is 0 Å². The molecule has 0 unspecified atom stereocenters. The molecule has 0 bridgehead atoms. The van der Waals surface area contributed by atoms with Crippen LogP contribution in [-0.4, -0.2) is 6.10 Å². The topological polar surface area (TPSA) is 22.4 Å². The van der Waals surface area contributed by atoms with Crippen LogP contribution in [0.1, 0.15) is 26.3 Å². The third kappa shape index (κ3) is 2.71. The molecule has 1 aromatic heterocycles. The molecule has 3 heteroatoms. The third-order valence-electron chi connectivity index (χ3n) is 3.59. The monoisotopic (exact) mass is 298 g/mol. The van der Waals surface area contributed by atoms with E-state index in [1.165, 1.54) is 12.1 Å². The number of ether oxygens (including phenoxy) is 1. The SMILES string of the molecule is CCc1c(-c2ccc(F)cc2)oc2ccc(OC(C)C)cc12. The summed E-state index contributed by atoms with van der Waals surface area (Å²) < 4.78 is 24.9. The third-order valence-corrected chi connectivity index (χ3v) is 3.59. The first kappa shape index (κ1) is 14.6. The van der Waals surface area contributed by atoms with Crippen LogP contribution in [0.25, 0.3) is 22.3 Å². The Kier molecular flexibility index (Phi) is 3.88. The van der Waals surface area contributed by atoms with E-state index in [4.69, 9.17) is 9.15 Å². The fourth-order valence-electron chi connectivity index (χ4n) is 2.66. The van der Waals surface area contributed by atoms with Gasteiger partial charge in [0.25, 0.3) is 0 Å². The first-order valence-corrected chi connectivity index (χ1v) is 7.56. The van der Waals surface area contributed by atoms with Crippen molar-refractivity contribution in [2.75, 3.05) is 0 Å². The summed E-state index contributed by atoms with van der Waals surface area (Å²) in [6.07, 6.45) is 0.969. The predicted molar refractivity (Wildman–Crippen MR) is 86.8 cm³/mol. The summed E-state index contributed by atoms with van der Waals surface area (Å²) in [5.41, 5.74) is 2.84. The van der Waals surface area contributed by atoms with Crippen LogP contribution in [0.2, 0.25) is 0 Å². The highest BCUT2D eigenvalue weighted by molar-refractivity contribution is 5.89. The van der Waals surface area contributed by atoms with Gasteiger partial charge in [0.1, 0.15) is 22.9 Å². The summed E-state index contributed by atoms with van der Waals surface area (Å²) in [7, 11) is 0. The molecule has 0 aliphatic heterocycles. The molecule has 0 saturated carbocycles. The van der Waals surface area contributed by atoms with E-state index in [2.05, 4.69) is 6.92 Å². The van der Waals surface area contributed by atoms with Gasteiger partial charge in [-0.15, -0.1) is 0 Å². The molecule has 0 amide bonds. The molecule has 0 atom stereocenters. The minimum atomic E-state index is -0.245. The van der Waals surface area contributed by atoms with Gasteiger partial charge in [0.05, 0.1) is 6.10 Å². The lowest BCUT2D eigenvalue weighted by Gasteiger charge is -2.09. The Morgan fingerprint density at radius 2 is 1.82 bits per heavy atom. The number of furan rings is 1. The van der Waals surface area contributed by atoms with Crippen LogP contribution in [0.5, 0.6) is 5.75 Å². The van der Waals surface area contributed by atoms with Gasteiger partial charge in [-0.3, -0.25) is 0 Å². The summed E-state index contributed by atoms with van der Waals surface area (Å²) in [5.74, 6) is 1.40. The molecule has 0 saturated heterocycles. The van der Waals surface area contributed by atoms with Crippen molar-refractivity contribution in [2.24, 2.45) is 0 Å². The molecule has 1 heterocycles. The number of fused-ring (bicyclic) bond motifs is 1. The second-order valence-electron chi connectivity index (χ2n) is 5.59. The molecule has 0 radical (unpaired) electrons. The van der Waals surface area contributed by atoms with Crippen LogP contribution in [0.4, 0.5) is 4.39 Å². The maximum atomic E-state index is 13.1. The van der Waals surface area contributed by atoms with Crippen molar-refractivity contribution in [3.8, 4) is 17.1 Å². The van der Waals surface area contributed by atoms with Crippen molar-refractivity contribution in [3.05, 3.63) is 53.8 Å².